The van der Waals surface area contributed by atoms with Crippen LogP contribution in [0.3, 0.4) is 0 Å². The van der Waals surface area contributed by atoms with Gasteiger partial charge in [-0.2, -0.15) is 0 Å². The van der Waals surface area contributed by atoms with Gasteiger partial charge >= 0.3 is 0 Å². The van der Waals surface area contributed by atoms with Gasteiger partial charge in [0.15, 0.2) is 0 Å². The maximum Gasteiger partial charge on any atom is 0.144 e. The van der Waals surface area contributed by atoms with Crippen LogP contribution >= 0.6 is 0 Å². The number of aromatic nitrogens is 2. The largest absolute Gasteiger partial charge is 0.326 e. The van der Waals surface area contributed by atoms with Gasteiger partial charge in [0.25, 0.3) is 0 Å². The minimum Gasteiger partial charge on any atom is -0.326 e. The Morgan fingerprint density at radius 2 is 1.78 bits per heavy atom. The Morgan fingerprint density at radius 1 is 0.957 bits per heavy atom. The van der Waals surface area contributed by atoms with E-state index < -0.39 is 0 Å². The van der Waals surface area contributed by atoms with Gasteiger partial charge in [-0.25, -0.2) is 9.97 Å². The van der Waals surface area contributed by atoms with Crippen molar-refractivity contribution in [2.45, 2.75) is 25.8 Å². The van der Waals surface area contributed by atoms with Crippen LogP contribution in [0.4, 0.5) is 11.5 Å². The van der Waals surface area contributed by atoms with Gasteiger partial charge in [-0.05, 0) is 43.0 Å². The zero-order chi connectivity index (χ0) is 15.6. The Kier molecular flexibility index (Phi) is 3.67. The van der Waals surface area contributed by atoms with Gasteiger partial charge in [0.1, 0.15) is 11.6 Å². The third-order valence-corrected chi connectivity index (χ3v) is 4.43. The Hall–Kier alpha value is -2.46. The molecule has 1 aliphatic heterocycles. The summed E-state index contributed by atoms with van der Waals surface area (Å²) in [6.07, 6.45) is 3.49. The number of nitrogens with zero attached hydrogens (tertiary/aromatic N) is 3. The molecule has 4 rings (SSSR count). The highest BCUT2D eigenvalue weighted by atomic mass is 15.2. The Bertz CT molecular complexity index is 844. The van der Waals surface area contributed by atoms with Crippen LogP contribution in [0.5, 0.6) is 0 Å². The molecule has 2 aromatic carbocycles. The molecule has 2 heterocycles. The Morgan fingerprint density at radius 3 is 2.70 bits per heavy atom. The molecule has 1 aliphatic rings. The summed E-state index contributed by atoms with van der Waals surface area (Å²) in [7, 11) is 0. The number of hydrogen-bond acceptors (Lipinski definition) is 4. The van der Waals surface area contributed by atoms with Crippen LogP contribution in [-0.2, 0) is 13.0 Å². The van der Waals surface area contributed by atoms with E-state index in [-0.39, 0.29) is 0 Å². The first kappa shape index (κ1) is 14.2. The van der Waals surface area contributed by atoms with E-state index in [2.05, 4.69) is 40.2 Å². The number of aryl methyl sites for hydroxylation is 1. The molecule has 0 unspecified atom stereocenters. The lowest BCUT2D eigenvalue weighted by Crippen LogP contribution is -2.21. The van der Waals surface area contributed by atoms with Gasteiger partial charge in [-0.3, -0.25) is 0 Å². The van der Waals surface area contributed by atoms with Crippen LogP contribution in [0.2, 0.25) is 0 Å². The fraction of sp³-hybridized carbons (Fsp3) is 0.263. The summed E-state index contributed by atoms with van der Waals surface area (Å²) in [6.45, 7) is 1.33. The highest BCUT2D eigenvalue weighted by Gasteiger charge is 2.20. The van der Waals surface area contributed by atoms with Crippen molar-refractivity contribution in [2.75, 3.05) is 11.4 Å². The lowest BCUT2D eigenvalue weighted by atomic mass is 10.1. The normalized spacial score (nSPS) is 14.6. The number of anilines is 2. The lowest BCUT2D eigenvalue weighted by Gasteiger charge is -2.25. The SMILES string of the molecule is NCc1nc(N2CCCCc3ccccc32)c2ccccc2n1. The molecule has 0 amide bonds. The van der Waals surface area contributed by atoms with Crippen molar-refractivity contribution in [2.24, 2.45) is 5.73 Å². The predicted octanol–water partition coefficient (Wildman–Crippen LogP) is 3.56. The van der Waals surface area contributed by atoms with E-state index in [1.165, 1.54) is 17.7 Å². The second-order valence-electron chi connectivity index (χ2n) is 5.92. The average molecular weight is 304 g/mol. The van der Waals surface area contributed by atoms with Crippen LogP contribution in [0.15, 0.2) is 48.5 Å². The standard InChI is InChI=1S/C19H20N4/c20-13-18-21-16-10-3-2-9-15(16)19(22-18)23-12-6-5-8-14-7-1-4-11-17(14)23/h1-4,7,9-11H,5-6,8,12-13,20H2. The molecule has 0 bridgehead atoms. The van der Waals surface area contributed by atoms with E-state index >= 15 is 0 Å². The number of rotatable bonds is 2. The van der Waals surface area contributed by atoms with E-state index in [1.807, 2.05) is 18.2 Å². The fourth-order valence-electron chi connectivity index (χ4n) is 3.32. The Labute approximate surface area is 136 Å². The summed E-state index contributed by atoms with van der Waals surface area (Å²) >= 11 is 0. The van der Waals surface area contributed by atoms with Gasteiger partial charge in [-0.15, -0.1) is 0 Å². The minimum absolute atomic E-state index is 0.354. The molecule has 1 aromatic heterocycles. The molecule has 4 heteroatoms. The molecule has 23 heavy (non-hydrogen) atoms. The first-order chi connectivity index (χ1) is 11.4. The zero-order valence-electron chi connectivity index (χ0n) is 13.1. The fourth-order valence-corrected chi connectivity index (χ4v) is 3.32. The van der Waals surface area contributed by atoms with E-state index in [1.54, 1.807) is 0 Å². The minimum atomic E-state index is 0.354. The van der Waals surface area contributed by atoms with Crippen LogP contribution < -0.4 is 10.6 Å². The molecule has 0 radical (unpaired) electrons. The number of nitrogens with two attached hydrogens (primary N) is 1. The molecule has 0 spiro atoms. The number of fused-ring (bicyclic) bond motifs is 2. The monoisotopic (exact) mass is 304 g/mol. The molecule has 0 saturated heterocycles. The molecule has 116 valence electrons. The predicted molar refractivity (Wildman–Crippen MR) is 93.8 cm³/mol. The maximum absolute atomic E-state index is 5.82. The third kappa shape index (κ3) is 2.55. The van der Waals surface area contributed by atoms with Crippen LogP contribution in [0.25, 0.3) is 10.9 Å². The van der Waals surface area contributed by atoms with Crippen molar-refractivity contribution in [3.8, 4) is 0 Å². The highest BCUT2D eigenvalue weighted by molar-refractivity contribution is 5.92. The first-order valence-corrected chi connectivity index (χ1v) is 8.18. The molecule has 2 N–H and O–H groups in total. The van der Waals surface area contributed by atoms with E-state index in [9.17, 15) is 0 Å². The quantitative estimate of drug-likeness (QED) is 0.786. The second kappa shape index (κ2) is 5.97. The second-order valence-corrected chi connectivity index (χ2v) is 5.92. The van der Waals surface area contributed by atoms with Crippen LogP contribution in [-0.4, -0.2) is 16.5 Å². The van der Waals surface area contributed by atoms with Crippen molar-refractivity contribution >= 4 is 22.4 Å². The van der Waals surface area contributed by atoms with Crippen molar-refractivity contribution in [1.29, 1.82) is 0 Å². The van der Waals surface area contributed by atoms with Gasteiger partial charge in [0, 0.05) is 17.6 Å². The lowest BCUT2D eigenvalue weighted by molar-refractivity contribution is 0.756. The molecule has 0 atom stereocenters. The third-order valence-electron chi connectivity index (χ3n) is 4.43. The van der Waals surface area contributed by atoms with E-state index in [0.717, 1.165) is 36.1 Å². The summed E-state index contributed by atoms with van der Waals surface area (Å²) in [5.41, 5.74) is 9.43. The van der Waals surface area contributed by atoms with Gasteiger partial charge in [0.2, 0.25) is 0 Å². The van der Waals surface area contributed by atoms with Crippen molar-refractivity contribution < 1.29 is 0 Å². The first-order valence-electron chi connectivity index (χ1n) is 8.18. The van der Waals surface area contributed by atoms with Gasteiger partial charge < -0.3 is 10.6 Å². The maximum atomic E-state index is 5.82. The van der Waals surface area contributed by atoms with E-state index in [0.29, 0.717) is 12.4 Å². The average Bonchev–Trinajstić information content (AvgIpc) is 2.83. The molecular formula is C19H20N4. The summed E-state index contributed by atoms with van der Waals surface area (Å²) in [6, 6.07) is 16.8. The van der Waals surface area contributed by atoms with E-state index in [4.69, 9.17) is 10.7 Å². The topological polar surface area (TPSA) is 55.0 Å². The van der Waals surface area contributed by atoms with Crippen molar-refractivity contribution in [1.82, 2.24) is 9.97 Å². The molecule has 0 fully saturated rings. The summed E-state index contributed by atoms with van der Waals surface area (Å²) in [5.74, 6) is 1.67. The molecule has 3 aromatic rings. The molecule has 0 saturated carbocycles. The van der Waals surface area contributed by atoms with Gasteiger partial charge in [0.05, 0.1) is 12.1 Å². The van der Waals surface area contributed by atoms with Crippen LogP contribution in [0, 0.1) is 0 Å². The van der Waals surface area contributed by atoms with Crippen molar-refractivity contribution in [3.63, 3.8) is 0 Å². The number of para-hydroxylation sites is 2. The molecular weight excluding hydrogens is 284 g/mol. The smallest absolute Gasteiger partial charge is 0.144 e. The zero-order valence-corrected chi connectivity index (χ0v) is 13.1. The summed E-state index contributed by atoms with van der Waals surface area (Å²) in [5, 5.41) is 1.08. The molecule has 4 nitrogen and oxygen atoms in total. The van der Waals surface area contributed by atoms with Gasteiger partial charge in [-0.1, -0.05) is 30.3 Å². The number of benzene rings is 2. The van der Waals surface area contributed by atoms with Crippen LogP contribution in [0.1, 0.15) is 24.2 Å². The molecule has 0 aliphatic carbocycles. The number of hydrogen-bond donors (Lipinski definition) is 1. The highest BCUT2D eigenvalue weighted by Crippen LogP contribution is 2.34. The van der Waals surface area contributed by atoms with Crippen molar-refractivity contribution in [3.05, 3.63) is 59.9 Å². The summed E-state index contributed by atoms with van der Waals surface area (Å²) < 4.78 is 0. The Balaban J connectivity index is 1.95. The summed E-state index contributed by atoms with van der Waals surface area (Å²) in [4.78, 5) is 11.7.